The zero-order valence-electron chi connectivity index (χ0n) is 12.2. The molecule has 116 valence electrons. The van der Waals surface area contributed by atoms with Crippen molar-refractivity contribution >= 4 is 28.9 Å². The van der Waals surface area contributed by atoms with E-state index in [-0.39, 0.29) is 5.82 Å². The molecule has 1 N–H and O–H groups in total. The highest BCUT2D eigenvalue weighted by molar-refractivity contribution is 6.31. The number of nitrogens with one attached hydrogen (secondary N) is 1. The summed E-state index contributed by atoms with van der Waals surface area (Å²) >= 11 is 12.2. The summed E-state index contributed by atoms with van der Waals surface area (Å²) in [5.41, 5.74) is 1.77. The summed E-state index contributed by atoms with van der Waals surface area (Å²) in [6.45, 7) is 4.41. The second kappa shape index (κ2) is 6.86. The van der Waals surface area contributed by atoms with Crippen LogP contribution in [0.5, 0.6) is 0 Å². The molecule has 5 heteroatoms. The van der Waals surface area contributed by atoms with Gasteiger partial charge in [0.05, 0.1) is 36.8 Å². The van der Waals surface area contributed by atoms with Gasteiger partial charge >= 0.3 is 0 Å². The highest BCUT2D eigenvalue weighted by Crippen LogP contribution is 2.20. The highest BCUT2D eigenvalue weighted by atomic mass is 35.5. The van der Waals surface area contributed by atoms with Crippen LogP contribution < -0.4 is 9.80 Å². The van der Waals surface area contributed by atoms with Crippen LogP contribution in [-0.2, 0) is 6.54 Å². The molecule has 0 bridgehead atoms. The van der Waals surface area contributed by atoms with E-state index in [0.717, 1.165) is 36.9 Å². The summed E-state index contributed by atoms with van der Waals surface area (Å²) in [5.74, 6) is -0.211. The molecule has 1 aliphatic rings. The van der Waals surface area contributed by atoms with Gasteiger partial charge < -0.3 is 9.80 Å². The molecule has 0 aliphatic carbocycles. The van der Waals surface area contributed by atoms with Gasteiger partial charge in [0.15, 0.2) is 0 Å². The Morgan fingerprint density at radius 1 is 1.05 bits per heavy atom. The largest absolute Gasteiger partial charge is 0.360 e. The van der Waals surface area contributed by atoms with Gasteiger partial charge in [-0.05, 0) is 30.3 Å². The van der Waals surface area contributed by atoms with Gasteiger partial charge in [-0.25, -0.2) is 4.39 Å². The minimum absolute atomic E-state index is 0.211. The van der Waals surface area contributed by atoms with Crippen LogP contribution in [0.15, 0.2) is 42.5 Å². The maximum absolute atomic E-state index is 13.9. The lowest BCUT2D eigenvalue weighted by molar-refractivity contribution is -0.914. The first-order valence-electron chi connectivity index (χ1n) is 7.40. The summed E-state index contributed by atoms with van der Waals surface area (Å²) in [6.07, 6.45) is 0. The Balaban J connectivity index is 1.62. The van der Waals surface area contributed by atoms with Crippen LogP contribution in [0.2, 0.25) is 10.0 Å². The van der Waals surface area contributed by atoms with Crippen LogP contribution in [0.3, 0.4) is 0 Å². The lowest BCUT2D eigenvalue weighted by Gasteiger charge is -2.34. The minimum Gasteiger partial charge on any atom is -0.360 e. The number of rotatable bonds is 3. The van der Waals surface area contributed by atoms with Crippen molar-refractivity contribution in [2.45, 2.75) is 6.54 Å². The molecule has 0 aromatic heterocycles. The zero-order valence-corrected chi connectivity index (χ0v) is 13.7. The predicted octanol–water partition coefficient (Wildman–Crippen LogP) is 3.04. The quantitative estimate of drug-likeness (QED) is 0.903. The first-order valence-corrected chi connectivity index (χ1v) is 8.16. The van der Waals surface area contributed by atoms with Gasteiger partial charge in [-0.2, -0.15) is 0 Å². The molecule has 0 radical (unpaired) electrons. The van der Waals surface area contributed by atoms with Crippen molar-refractivity contribution in [3.05, 3.63) is 63.9 Å². The molecule has 1 fully saturated rings. The number of quaternary nitrogens is 1. The number of halogens is 3. The minimum atomic E-state index is -0.211. The molecule has 2 aromatic carbocycles. The van der Waals surface area contributed by atoms with Crippen LogP contribution in [0, 0.1) is 5.82 Å². The maximum Gasteiger partial charge on any atom is 0.133 e. The number of piperazine rings is 1. The third kappa shape index (κ3) is 3.54. The van der Waals surface area contributed by atoms with Crippen molar-refractivity contribution in [1.82, 2.24) is 0 Å². The first kappa shape index (κ1) is 15.6. The molecule has 3 rings (SSSR count). The molecule has 0 unspecified atom stereocenters. The van der Waals surface area contributed by atoms with E-state index in [1.165, 1.54) is 11.0 Å². The highest BCUT2D eigenvalue weighted by Gasteiger charge is 2.22. The molecule has 0 atom stereocenters. The van der Waals surface area contributed by atoms with Crippen molar-refractivity contribution in [2.75, 3.05) is 31.1 Å². The normalized spacial score (nSPS) is 16.0. The second-order valence-corrected chi connectivity index (χ2v) is 6.44. The topological polar surface area (TPSA) is 7.68 Å². The summed E-state index contributed by atoms with van der Waals surface area (Å²) in [5, 5.41) is 1.27. The van der Waals surface area contributed by atoms with Gasteiger partial charge in [0, 0.05) is 10.7 Å². The van der Waals surface area contributed by atoms with Crippen molar-refractivity contribution in [1.29, 1.82) is 0 Å². The van der Waals surface area contributed by atoms with Crippen molar-refractivity contribution < 1.29 is 9.29 Å². The van der Waals surface area contributed by atoms with Crippen LogP contribution in [0.25, 0.3) is 0 Å². The van der Waals surface area contributed by atoms with Crippen LogP contribution in [-0.4, -0.2) is 26.2 Å². The number of hydrogen-bond acceptors (Lipinski definition) is 1. The van der Waals surface area contributed by atoms with Crippen molar-refractivity contribution in [3.8, 4) is 0 Å². The number of hydrogen-bond donors (Lipinski definition) is 1. The molecule has 2 aromatic rings. The lowest BCUT2D eigenvalue weighted by Crippen LogP contribution is -3.13. The van der Waals surface area contributed by atoms with E-state index >= 15 is 0 Å². The lowest BCUT2D eigenvalue weighted by atomic mass is 10.1. The Labute approximate surface area is 140 Å². The van der Waals surface area contributed by atoms with E-state index in [1.807, 2.05) is 18.2 Å². The molecule has 1 aliphatic heterocycles. The molecule has 22 heavy (non-hydrogen) atoms. The predicted molar refractivity (Wildman–Crippen MR) is 89.5 cm³/mol. The Hall–Kier alpha value is -1.29. The average Bonchev–Trinajstić information content (AvgIpc) is 2.52. The Bertz CT molecular complexity index is 635. The van der Waals surface area contributed by atoms with E-state index in [1.54, 1.807) is 12.1 Å². The molecule has 0 saturated carbocycles. The third-order valence-electron chi connectivity index (χ3n) is 4.13. The Kier molecular flexibility index (Phi) is 4.87. The van der Waals surface area contributed by atoms with E-state index in [2.05, 4.69) is 11.0 Å². The second-order valence-electron chi connectivity index (χ2n) is 5.59. The van der Waals surface area contributed by atoms with Gasteiger partial charge in [-0.15, -0.1) is 0 Å². The maximum atomic E-state index is 13.9. The van der Waals surface area contributed by atoms with Gasteiger partial charge in [-0.3, -0.25) is 0 Å². The number of benzene rings is 2. The molecule has 2 nitrogen and oxygen atoms in total. The summed E-state index contributed by atoms with van der Waals surface area (Å²) in [7, 11) is 0. The first-order chi connectivity index (χ1) is 10.6. The van der Waals surface area contributed by atoms with E-state index < -0.39 is 0 Å². The van der Waals surface area contributed by atoms with Crippen molar-refractivity contribution in [2.24, 2.45) is 0 Å². The summed E-state index contributed by atoms with van der Waals surface area (Å²) in [4.78, 5) is 3.67. The van der Waals surface area contributed by atoms with E-state index in [0.29, 0.717) is 17.1 Å². The van der Waals surface area contributed by atoms with E-state index in [9.17, 15) is 4.39 Å². The van der Waals surface area contributed by atoms with Crippen LogP contribution >= 0.6 is 23.2 Å². The van der Waals surface area contributed by atoms with Crippen molar-refractivity contribution in [3.63, 3.8) is 0 Å². The molecular weight excluding hydrogens is 322 g/mol. The van der Waals surface area contributed by atoms with Crippen LogP contribution in [0.4, 0.5) is 10.1 Å². The van der Waals surface area contributed by atoms with Gasteiger partial charge in [0.1, 0.15) is 12.4 Å². The van der Waals surface area contributed by atoms with Crippen LogP contribution in [0.1, 0.15) is 5.56 Å². The van der Waals surface area contributed by atoms with Gasteiger partial charge in [-0.1, -0.05) is 35.3 Å². The molecule has 0 amide bonds. The van der Waals surface area contributed by atoms with Gasteiger partial charge in [0.2, 0.25) is 0 Å². The van der Waals surface area contributed by atoms with Gasteiger partial charge in [0.25, 0.3) is 0 Å². The summed E-state index contributed by atoms with van der Waals surface area (Å²) in [6, 6.07) is 12.8. The molecular formula is C17H18Cl2FN2+. The molecule has 1 saturated heterocycles. The molecule has 0 spiro atoms. The number of anilines is 1. The molecule has 1 heterocycles. The fraction of sp³-hybridized carbons (Fsp3) is 0.294. The summed E-state index contributed by atoms with van der Waals surface area (Å²) < 4.78 is 13.9. The standard InChI is InChI=1S/C17H17Cl2FN2/c18-13-3-1-4-14(11-13)22-9-7-21(8-10-22)12-15-16(19)5-2-6-17(15)20/h1-6,11H,7-10,12H2/p+1. The monoisotopic (exact) mass is 339 g/mol. The fourth-order valence-electron chi connectivity index (χ4n) is 2.88. The zero-order chi connectivity index (χ0) is 15.5. The average molecular weight is 340 g/mol. The number of nitrogens with zero attached hydrogens (tertiary/aromatic N) is 1. The SMILES string of the molecule is Fc1cccc(Cl)c1C[NH+]1CCN(c2cccc(Cl)c2)CC1. The Morgan fingerprint density at radius 2 is 1.77 bits per heavy atom. The van der Waals surface area contributed by atoms with E-state index in [4.69, 9.17) is 23.2 Å². The fourth-order valence-corrected chi connectivity index (χ4v) is 3.30. The third-order valence-corrected chi connectivity index (χ3v) is 4.72. The Morgan fingerprint density at radius 3 is 2.45 bits per heavy atom. The smallest absolute Gasteiger partial charge is 0.133 e.